The molecule has 7 N–H and O–H groups in total. The van der Waals surface area contributed by atoms with Crippen LogP contribution in [-0.4, -0.2) is 98.0 Å². The number of methoxy groups -OCH3 is 2. The first-order chi connectivity index (χ1) is 26.4. The topological polar surface area (TPSA) is 179 Å². The summed E-state index contributed by atoms with van der Waals surface area (Å²) < 4.78 is 23.9. The summed E-state index contributed by atoms with van der Waals surface area (Å²) in [5.74, 6) is 0.0461. The average molecular weight is 816 g/mol. The number of aliphatic hydroxyl groups excluding tert-OH is 4. The van der Waals surface area contributed by atoms with Crippen molar-refractivity contribution in [2.24, 2.45) is 0 Å². The summed E-state index contributed by atoms with van der Waals surface area (Å²) in [6.07, 6.45) is 1.53. The zero-order valence-electron chi connectivity index (χ0n) is 32.8. The normalized spacial score (nSPS) is 31.5. The summed E-state index contributed by atoms with van der Waals surface area (Å²) in [6, 6.07) is 6.80. The molecule has 312 valence electrons. The first kappa shape index (κ1) is 45.6. The lowest BCUT2D eigenvalue weighted by Gasteiger charge is -2.40. The molecule has 2 aromatic rings. The Morgan fingerprint density at radius 1 is 0.673 bits per heavy atom. The fraction of sp³-hybridized carbons (Fsp3) is 0.714. The van der Waals surface area contributed by atoms with Crippen molar-refractivity contribution in [2.45, 2.75) is 169 Å². The minimum atomic E-state index is -1.64. The Kier molecular flexibility index (Phi) is 18.4. The molecule has 1 aliphatic heterocycles. The van der Waals surface area contributed by atoms with Crippen LogP contribution in [0.1, 0.15) is 150 Å². The molecule has 4 aliphatic carbocycles. The predicted molar refractivity (Wildman–Crippen MR) is 213 cm³/mol. The fourth-order valence-corrected chi connectivity index (χ4v) is 8.87. The second-order valence-electron chi connectivity index (χ2n) is 15.4. The quantitative estimate of drug-likeness (QED) is 0.110. The van der Waals surface area contributed by atoms with E-state index in [9.17, 15) is 35.7 Å². The lowest BCUT2D eigenvalue weighted by atomic mass is 9.85. The second kappa shape index (κ2) is 22.2. The Hall–Kier alpha value is -2.06. The molecule has 0 amide bonds. The van der Waals surface area contributed by atoms with E-state index in [0.29, 0.717) is 73.6 Å². The number of phenols is 3. The molecule has 5 aliphatic rings. The largest absolute Gasteiger partial charge is 0.508 e. The Labute approximate surface area is 336 Å². The third kappa shape index (κ3) is 12.0. The molecule has 1 saturated heterocycles. The number of rotatable bonds is 11. The van der Waals surface area contributed by atoms with Gasteiger partial charge < -0.3 is 54.7 Å². The first-order valence-corrected chi connectivity index (χ1v) is 21.0. The van der Waals surface area contributed by atoms with E-state index >= 15 is 0 Å². The van der Waals surface area contributed by atoms with Crippen LogP contribution < -0.4 is 4.74 Å². The van der Waals surface area contributed by atoms with Crippen LogP contribution in [0.5, 0.6) is 23.0 Å². The van der Waals surface area contributed by atoms with Crippen molar-refractivity contribution >= 4 is 23.2 Å². The molecule has 7 rings (SSSR count). The van der Waals surface area contributed by atoms with Crippen LogP contribution in [0.2, 0.25) is 0 Å². The Bertz CT molecular complexity index is 1440. The van der Waals surface area contributed by atoms with Gasteiger partial charge in [-0.3, -0.25) is 0 Å². The summed E-state index contributed by atoms with van der Waals surface area (Å²) in [5, 5.41) is 75.5. The van der Waals surface area contributed by atoms with Gasteiger partial charge in [0.15, 0.2) is 0 Å². The van der Waals surface area contributed by atoms with E-state index in [0.717, 1.165) is 38.5 Å². The Balaban J connectivity index is 1.75. The van der Waals surface area contributed by atoms with E-state index < -0.39 is 49.5 Å². The van der Waals surface area contributed by atoms with Crippen LogP contribution in [0.15, 0.2) is 24.3 Å². The number of unbranched alkanes of at least 4 members (excludes halogenated alkanes) is 2. The van der Waals surface area contributed by atoms with E-state index in [1.54, 1.807) is 38.5 Å². The highest BCUT2D eigenvalue weighted by Crippen LogP contribution is 2.46. The second-order valence-corrected chi connectivity index (χ2v) is 16.6. The molecule has 4 bridgehead atoms. The van der Waals surface area contributed by atoms with Crippen LogP contribution in [0.3, 0.4) is 0 Å². The van der Waals surface area contributed by atoms with Crippen LogP contribution in [0, 0.1) is 0 Å². The van der Waals surface area contributed by atoms with Gasteiger partial charge in [-0.05, 0) is 98.6 Å². The minimum Gasteiger partial charge on any atom is -0.508 e. The number of aliphatic hydroxyl groups is 4. The van der Waals surface area contributed by atoms with Gasteiger partial charge in [0.05, 0.1) is 18.8 Å². The third-order valence-electron chi connectivity index (χ3n) is 11.4. The highest BCUT2D eigenvalue weighted by atomic mass is 35.5. The molecule has 13 heteroatoms. The smallest absolute Gasteiger partial charge is 0.229 e. The van der Waals surface area contributed by atoms with Gasteiger partial charge in [-0.25, -0.2) is 0 Å². The van der Waals surface area contributed by atoms with E-state index in [2.05, 4.69) is 13.8 Å². The highest BCUT2D eigenvalue weighted by Gasteiger charge is 2.45. The summed E-state index contributed by atoms with van der Waals surface area (Å²) in [5.41, 5.74) is 2.29. The van der Waals surface area contributed by atoms with Crippen molar-refractivity contribution in [1.29, 1.82) is 0 Å². The van der Waals surface area contributed by atoms with Crippen molar-refractivity contribution in [1.82, 2.24) is 0 Å². The molecule has 2 aromatic carbocycles. The maximum absolute atomic E-state index is 11.8. The maximum Gasteiger partial charge on any atom is 0.229 e. The first-order valence-electron chi connectivity index (χ1n) is 20.1. The van der Waals surface area contributed by atoms with Crippen LogP contribution in [0.25, 0.3) is 0 Å². The van der Waals surface area contributed by atoms with Crippen LogP contribution in [-0.2, 0) is 14.2 Å². The van der Waals surface area contributed by atoms with Crippen molar-refractivity contribution in [3.63, 3.8) is 0 Å². The van der Waals surface area contributed by atoms with Gasteiger partial charge in [0.25, 0.3) is 0 Å². The maximum atomic E-state index is 11.8. The van der Waals surface area contributed by atoms with Crippen molar-refractivity contribution in [3.8, 4) is 23.0 Å². The molecular weight excluding hydrogens is 751 g/mol. The van der Waals surface area contributed by atoms with E-state index in [1.165, 1.54) is 0 Å². The van der Waals surface area contributed by atoms with Gasteiger partial charge in [0.1, 0.15) is 47.4 Å². The Morgan fingerprint density at radius 2 is 1.15 bits per heavy atom. The number of ether oxygens (including phenoxy) is 4. The van der Waals surface area contributed by atoms with Crippen molar-refractivity contribution < 1.29 is 54.7 Å². The van der Waals surface area contributed by atoms with Crippen molar-refractivity contribution in [2.75, 3.05) is 20.8 Å². The molecule has 1 heterocycles. The highest BCUT2D eigenvalue weighted by molar-refractivity contribution is 6.20. The summed E-state index contributed by atoms with van der Waals surface area (Å²) in [4.78, 5) is 0. The van der Waals surface area contributed by atoms with E-state index in [-0.39, 0.29) is 45.6 Å². The molecular formula is C42H64Cl2O11. The van der Waals surface area contributed by atoms with Crippen molar-refractivity contribution in [3.05, 3.63) is 46.5 Å². The fourth-order valence-electron chi connectivity index (χ4n) is 8.24. The zero-order chi connectivity index (χ0) is 40.2. The molecule has 0 aromatic heterocycles. The predicted octanol–water partition coefficient (Wildman–Crippen LogP) is 7.95. The van der Waals surface area contributed by atoms with Crippen LogP contribution >= 0.6 is 23.2 Å². The number of alkyl halides is 2. The molecule has 11 atom stereocenters. The molecule has 11 nitrogen and oxygen atoms in total. The molecule has 1 fully saturated rings. The number of phenolic OH excluding ortho intramolecular Hbond substituents is 3. The molecule has 3 unspecified atom stereocenters. The monoisotopic (exact) mass is 814 g/mol. The average Bonchev–Trinajstić information content (AvgIpc) is 3.15. The minimum absolute atomic E-state index is 0.0169. The van der Waals surface area contributed by atoms with Gasteiger partial charge in [0.2, 0.25) is 6.29 Å². The number of hydrogen-bond donors (Lipinski definition) is 7. The van der Waals surface area contributed by atoms with Gasteiger partial charge >= 0.3 is 0 Å². The van der Waals surface area contributed by atoms with E-state index in [1.807, 2.05) is 0 Å². The standard InChI is InChI=1S/C42H64Cl2O11/c1-5-7-11-24-13-9-15-29(44)22-34(53-4)27-19-32(48)38(35(20-27)54-42-41(51)40(50)39(49)36(23-45)55-42)25(12-8-6-2)14-10-16-28(43)21-33(52-3)26-17-30(46)37(24)31(47)18-26/h17-20,24-25,28-29,33-34,36,39-42,45-51H,5-16,21-23H2,1-4H3/t24-,25-,28+,29+,33+,34+,36?,39?,40+,41?,42-/m1/s1. The number of benzene rings is 2. The lowest BCUT2D eigenvalue weighted by Crippen LogP contribution is -2.60. The van der Waals surface area contributed by atoms with E-state index in [4.69, 9.17) is 42.1 Å². The summed E-state index contributed by atoms with van der Waals surface area (Å²) in [6.45, 7) is 3.59. The SMILES string of the molecule is CCCC[C@@H]1CCC[C@H](Cl)C[C@H](OC)c2cc(O)c(c(O[C@@H]3OC(CO)C(O)[C@H](O)C3O)c2)[C@H](CCCC)CCC[C@H](Cl)C[C@H](OC)c2cc(O)c1c(O)c2. The zero-order valence-corrected chi connectivity index (χ0v) is 34.3. The van der Waals surface area contributed by atoms with Gasteiger partial charge in [0, 0.05) is 36.1 Å². The summed E-state index contributed by atoms with van der Waals surface area (Å²) in [7, 11) is 3.16. The lowest BCUT2D eigenvalue weighted by molar-refractivity contribution is -0.277. The Morgan fingerprint density at radius 3 is 1.62 bits per heavy atom. The number of halogens is 2. The number of hydrogen-bond acceptors (Lipinski definition) is 11. The van der Waals surface area contributed by atoms with Gasteiger partial charge in [-0.15, -0.1) is 23.2 Å². The molecule has 0 saturated carbocycles. The molecule has 55 heavy (non-hydrogen) atoms. The third-order valence-corrected chi connectivity index (χ3v) is 12.2. The molecule has 0 radical (unpaired) electrons. The summed E-state index contributed by atoms with van der Waals surface area (Å²) >= 11 is 13.9. The van der Waals surface area contributed by atoms with Gasteiger partial charge in [-0.1, -0.05) is 52.4 Å². The number of aromatic hydroxyl groups is 3. The van der Waals surface area contributed by atoms with Crippen LogP contribution in [0.4, 0.5) is 0 Å². The molecule has 0 spiro atoms. The van der Waals surface area contributed by atoms with Gasteiger partial charge in [-0.2, -0.15) is 0 Å².